The van der Waals surface area contributed by atoms with Crippen LogP contribution in [0.15, 0.2) is 24.3 Å². The second-order valence-electron chi connectivity index (χ2n) is 5.61. The number of rotatable bonds is 4. The van der Waals surface area contributed by atoms with E-state index >= 15 is 0 Å². The SMILES string of the molecule is Cc1nnc(CCNC(=O)c2cccc(C#CC(C)(C)O)c2)s1. The Morgan fingerprint density at radius 1 is 1.39 bits per heavy atom. The van der Waals surface area contributed by atoms with Gasteiger partial charge >= 0.3 is 0 Å². The normalized spacial score (nSPS) is 10.8. The lowest BCUT2D eigenvalue weighted by atomic mass is 10.1. The number of carbonyl (C=O) groups excluding carboxylic acids is 1. The zero-order valence-electron chi connectivity index (χ0n) is 13.4. The van der Waals surface area contributed by atoms with Gasteiger partial charge in [-0.3, -0.25) is 4.79 Å². The molecule has 1 amide bonds. The molecule has 0 aliphatic carbocycles. The molecule has 2 rings (SSSR count). The number of amides is 1. The fourth-order valence-corrected chi connectivity index (χ4v) is 2.50. The third-order valence-corrected chi connectivity index (χ3v) is 3.73. The number of hydrogen-bond acceptors (Lipinski definition) is 5. The van der Waals surface area contributed by atoms with Gasteiger partial charge in [-0.15, -0.1) is 21.5 Å². The summed E-state index contributed by atoms with van der Waals surface area (Å²) in [5, 5.41) is 22.3. The number of nitrogens with zero attached hydrogens (tertiary/aromatic N) is 2. The summed E-state index contributed by atoms with van der Waals surface area (Å²) in [5.74, 6) is 5.44. The van der Waals surface area contributed by atoms with Crippen molar-refractivity contribution in [2.24, 2.45) is 0 Å². The Balaban J connectivity index is 1.95. The lowest BCUT2D eigenvalue weighted by Crippen LogP contribution is -2.25. The van der Waals surface area contributed by atoms with Crippen molar-refractivity contribution in [3.05, 3.63) is 45.4 Å². The molecule has 0 unspecified atom stereocenters. The molecule has 120 valence electrons. The molecule has 2 N–H and O–H groups in total. The number of benzene rings is 1. The van der Waals surface area contributed by atoms with Crippen molar-refractivity contribution in [1.29, 1.82) is 0 Å². The number of nitrogens with one attached hydrogen (secondary N) is 1. The third-order valence-electron chi connectivity index (χ3n) is 2.83. The summed E-state index contributed by atoms with van der Waals surface area (Å²) in [5.41, 5.74) is 0.179. The Bertz CT molecular complexity index is 751. The Morgan fingerprint density at radius 2 is 2.17 bits per heavy atom. The van der Waals surface area contributed by atoms with Gasteiger partial charge in [0.25, 0.3) is 5.91 Å². The van der Waals surface area contributed by atoms with Crippen molar-refractivity contribution in [3.8, 4) is 11.8 Å². The topological polar surface area (TPSA) is 75.1 Å². The van der Waals surface area contributed by atoms with Gasteiger partial charge in [0.15, 0.2) is 0 Å². The van der Waals surface area contributed by atoms with Gasteiger partial charge < -0.3 is 10.4 Å². The van der Waals surface area contributed by atoms with Gasteiger partial charge in [0, 0.05) is 24.1 Å². The molecule has 0 saturated heterocycles. The summed E-state index contributed by atoms with van der Waals surface area (Å²) in [7, 11) is 0. The van der Waals surface area contributed by atoms with E-state index in [-0.39, 0.29) is 5.91 Å². The predicted octanol–water partition coefficient (Wildman–Crippen LogP) is 1.94. The second kappa shape index (κ2) is 7.36. The molecule has 0 atom stereocenters. The van der Waals surface area contributed by atoms with E-state index < -0.39 is 5.60 Å². The highest BCUT2D eigenvalue weighted by Gasteiger charge is 2.08. The monoisotopic (exact) mass is 329 g/mol. The first-order chi connectivity index (χ1) is 10.8. The molecule has 5 nitrogen and oxygen atoms in total. The fraction of sp³-hybridized carbons (Fsp3) is 0.353. The largest absolute Gasteiger partial charge is 0.378 e. The number of aryl methyl sites for hydroxylation is 1. The molecule has 2 aromatic rings. The van der Waals surface area contributed by atoms with E-state index in [2.05, 4.69) is 27.4 Å². The minimum atomic E-state index is -1.06. The summed E-state index contributed by atoms with van der Waals surface area (Å²) in [6.45, 7) is 5.64. The van der Waals surface area contributed by atoms with Crippen LogP contribution in [0.3, 0.4) is 0 Å². The summed E-state index contributed by atoms with van der Waals surface area (Å²) in [6, 6.07) is 7.03. The van der Waals surface area contributed by atoms with Gasteiger partial charge in [0.05, 0.1) is 0 Å². The molecular formula is C17H19N3O2S. The van der Waals surface area contributed by atoms with E-state index in [1.54, 1.807) is 38.1 Å². The Hall–Kier alpha value is -2.23. The number of hydrogen-bond donors (Lipinski definition) is 2. The molecule has 0 saturated carbocycles. The molecule has 0 bridgehead atoms. The maximum absolute atomic E-state index is 12.2. The van der Waals surface area contributed by atoms with Crippen LogP contribution in [0.25, 0.3) is 0 Å². The molecule has 1 aromatic carbocycles. The molecule has 6 heteroatoms. The number of carbonyl (C=O) groups is 1. The van der Waals surface area contributed by atoms with E-state index in [9.17, 15) is 9.90 Å². The molecular weight excluding hydrogens is 310 g/mol. The molecule has 0 aliphatic heterocycles. The first-order valence-corrected chi connectivity index (χ1v) is 8.08. The highest BCUT2D eigenvalue weighted by atomic mass is 32.1. The molecule has 0 radical (unpaired) electrons. The van der Waals surface area contributed by atoms with Crippen LogP contribution < -0.4 is 5.32 Å². The number of aliphatic hydroxyl groups is 1. The zero-order chi connectivity index (χ0) is 16.9. The zero-order valence-corrected chi connectivity index (χ0v) is 14.2. The van der Waals surface area contributed by atoms with Gasteiger partial charge in [0.2, 0.25) is 0 Å². The second-order valence-corrected chi connectivity index (χ2v) is 6.88. The Labute approximate surface area is 139 Å². The van der Waals surface area contributed by atoms with Crippen molar-refractivity contribution in [2.75, 3.05) is 6.54 Å². The van der Waals surface area contributed by atoms with Gasteiger partial charge in [0.1, 0.15) is 15.6 Å². The Kier molecular flexibility index (Phi) is 5.48. The standard InChI is InChI=1S/C17H19N3O2S/c1-12-19-20-15(23-12)8-10-18-16(21)14-6-4-5-13(11-14)7-9-17(2,3)22/h4-6,11,22H,8,10H2,1-3H3,(H,18,21). The van der Waals surface area contributed by atoms with E-state index in [0.717, 1.165) is 10.0 Å². The van der Waals surface area contributed by atoms with E-state index in [4.69, 9.17) is 0 Å². The summed E-state index contributed by atoms with van der Waals surface area (Å²) in [4.78, 5) is 12.2. The van der Waals surface area contributed by atoms with Crippen molar-refractivity contribution in [3.63, 3.8) is 0 Å². The maximum Gasteiger partial charge on any atom is 0.251 e. The smallest absolute Gasteiger partial charge is 0.251 e. The van der Waals surface area contributed by atoms with E-state index in [0.29, 0.717) is 24.1 Å². The van der Waals surface area contributed by atoms with Gasteiger partial charge in [-0.1, -0.05) is 17.9 Å². The van der Waals surface area contributed by atoms with Crippen LogP contribution in [-0.2, 0) is 6.42 Å². The average molecular weight is 329 g/mol. The highest BCUT2D eigenvalue weighted by molar-refractivity contribution is 7.11. The summed E-state index contributed by atoms with van der Waals surface area (Å²) >= 11 is 1.53. The molecule has 0 fully saturated rings. The predicted molar refractivity (Wildman–Crippen MR) is 90.3 cm³/mol. The van der Waals surface area contributed by atoms with Gasteiger partial charge in [-0.05, 0) is 39.0 Å². The van der Waals surface area contributed by atoms with Crippen LogP contribution in [0.1, 0.15) is 39.8 Å². The molecule has 1 heterocycles. The van der Waals surface area contributed by atoms with Crippen LogP contribution in [0.4, 0.5) is 0 Å². The van der Waals surface area contributed by atoms with Crippen LogP contribution in [0.5, 0.6) is 0 Å². The molecule has 23 heavy (non-hydrogen) atoms. The number of aromatic nitrogens is 2. The molecule has 0 spiro atoms. The fourth-order valence-electron chi connectivity index (χ4n) is 1.79. The highest BCUT2D eigenvalue weighted by Crippen LogP contribution is 2.08. The lowest BCUT2D eigenvalue weighted by molar-refractivity contribution is 0.0954. The lowest BCUT2D eigenvalue weighted by Gasteiger charge is -2.06. The van der Waals surface area contributed by atoms with E-state index in [1.807, 2.05) is 6.92 Å². The molecule has 0 aliphatic rings. The van der Waals surface area contributed by atoms with Crippen LogP contribution in [0.2, 0.25) is 0 Å². The third kappa shape index (κ3) is 5.81. The van der Waals surface area contributed by atoms with Crippen LogP contribution in [-0.4, -0.2) is 33.4 Å². The molecule has 1 aromatic heterocycles. The van der Waals surface area contributed by atoms with Crippen molar-refractivity contribution in [2.45, 2.75) is 32.8 Å². The first kappa shape index (κ1) is 17.1. The van der Waals surface area contributed by atoms with Gasteiger partial charge in [-0.25, -0.2) is 0 Å². The van der Waals surface area contributed by atoms with Crippen LogP contribution in [0, 0.1) is 18.8 Å². The first-order valence-electron chi connectivity index (χ1n) is 7.26. The Morgan fingerprint density at radius 3 is 2.83 bits per heavy atom. The summed E-state index contributed by atoms with van der Waals surface area (Å²) < 4.78 is 0. The van der Waals surface area contributed by atoms with Gasteiger partial charge in [-0.2, -0.15) is 0 Å². The quantitative estimate of drug-likeness (QED) is 0.841. The minimum Gasteiger partial charge on any atom is -0.378 e. The van der Waals surface area contributed by atoms with Crippen molar-refractivity contribution >= 4 is 17.2 Å². The van der Waals surface area contributed by atoms with Crippen molar-refractivity contribution < 1.29 is 9.90 Å². The summed E-state index contributed by atoms with van der Waals surface area (Å²) in [6.07, 6.45) is 0.662. The minimum absolute atomic E-state index is 0.154. The maximum atomic E-state index is 12.2. The van der Waals surface area contributed by atoms with E-state index in [1.165, 1.54) is 11.3 Å². The van der Waals surface area contributed by atoms with Crippen LogP contribution >= 0.6 is 11.3 Å². The van der Waals surface area contributed by atoms with Crippen molar-refractivity contribution in [1.82, 2.24) is 15.5 Å². The average Bonchev–Trinajstić information content (AvgIpc) is 2.90.